The Hall–Kier alpha value is -2.54. The van der Waals surface area contributed by atoms with Crippen LogP contribution in [-0.4, -0.2) is 40.6 Å². The molecule has 2 aliphatic rings. The maximum absolute atomic E-state index is 12.6. The highest BCUT2D eigenvalue weighted by Gasteiger charge is 2.44. The maximum atomic E-state index is 12.6. The van der Waals surface area contributed by atoms with E-state index in [-0.39, 0.29) is 18.7 Å². The third-order valence-corrected chi connectivity index (χ3v) is 4.22. The molecular weight excluding hydrogens is 310 g/mol. The van der Waals surface area contributed by atoms with Crippen LogP contribution in [0.2, 0.25) is 0 Å². The average molecular weight is 329 g/mol. The lowest BCUT2D eigenvalue weighted by Gasteiger charge is -2.27. The smallest absolute Gasteiger partial charge is 0.262 e. The van der Waals surface area contributed by atoms with E-state index < -0.39 is 23.8 Å². The molecule has 126 valence electrons. The Kier molecular flexibility index (Phi) is 4.19. The van der Waals surface area contributed by atoms with Crippen LogP contribution < -0.4 is 10.6 Å². The molecule has 4 amide bonds. The van der Waals surface area contributed by atoms with E-state index in [1.165, 1.54) is 0 Å². The number of piperidine rings is 1. The van der Waals surface area contributed by atoms with E-state index in [9.17, 15) is 19.2 Å². The number of carbonyl (C=O) groups is 4. The Morgan fingerprint density at radius 3 is 2.54 bits per heavy atom. The second-order valence-corrected chi connectivity index (χ2v) is 6.36. The Bertz CT molecular complexity index is 741. The second-order valence-electron chi connectivity index (χ2n) is 6.36. The Balaban J connectivity index is 1.85. The van der Waals surface area contributed by atoms with Gasteiger partial charge in [0, 0.05) is 19.0 Å². The first-order valence-electron chi connectivity index (χ1n) is 7.96. The first kappa shape index (κ1) is 16.3. The van der Waals surface area contributed by atoms with Gasteiger partial charge in [-0.3, -0.25) is 29.4 Å². The summed E-state index contributed by atoms with van der Waals surface area (Å²) in [4.78, 5) is 49.4. The zero-order valence-corrected chi connectivity index (χ0v) is 13.6. The predicted molar refractivity (Wildman–Crippen MR) is 85.1 cm³/mol. The van der Waals surface area contributed by atoms with Crippen LogP contribution in [0.4, 0.5) is 0 Å². The zero-order valence-electron chi connectivity index (χ0n) is 13.6. The molecule has 24 heavy (non-hydrogen) atoms. The Morgan fingerprint density at radius 2 is 1.88 bits per heavy atom. The van der Waals surface area contributed by atoms with Crippen molar-refractivity contribution < 1.29 is 19.2 Å². The topological polar surface area (TPSA) is 95.6 Å². The average Bonchev–Trinajstić information content (AvgIpc) is 2.77. The van der Waals surface area contributed by atoms with Gasteiger partial charge in [0.2, 0.25) is 11.8 Å². The van der Waals surface area contributed by atoms with Crippen LogP contribution in [0.3, 0.4) is 0 Å². The molecule has 0 saturated carbocycles. The number of amides is 4. The van der Waals surface area contributed by atoms with Gasteiger partial charge in [0.25, 0.3) is 11.8 Å². The Labute approximate surface area is 139 Å². The Morgan fingerprint density at radius 1 is 1.17 bits per heavy atom. The minimum Gasteiger partial charge on any atom is -0.310 e. The van der Waals surface area contributed by atoms with Crippen molar-refractivity contribution in [2.75, 3.05) is 0 Å². The van der Waals surface area contributed by atoms with Crippen LogP contribution in [0.25, 0.3) is 0 Å². The van der Waals surface area contributed by atoms with Crippen LogP contribution in [0.1, 0.15) is 53.0 Å². The van der Waals surface area contributed by atoms with Crippen molar-refractivity contribution in [3.8, 4) is 0 Å². The molecule has 1 aromatic carbocycles. The number of nitrogens with zero attached hydrogens (tertiary/aromatic N) is 1. The van der Waals surface area contributed by atoms with Crippen molar-refractivity contribution in [3.63, 3.8) is 0 Å². The molecule has 1 aromatic rings. The summed E-state index contributed by atoms with van der Waals surface area (Å²) in [6.45, 7) is 4.63. The number of hydrogen-bond acceptors (Lipinski definition) is 5. The molecule has 0 bridgehead atoms. The number of fused-ring (bicyclic) bond motifs is 1. The van der Waals surface area contributed by atoms with Gasteiger partial charge in [-0.15, -0.1) is 0 Å². The third-order valence-electron chi connectivity index (χ3n) is 4.22. The first-order valence-corrected chi connectivity index (χ1v) is 7.96. The van der Waals surface area contributed by atoms with Crippen LogP contribution in [0.15, 0.2) is 18.2 Å². The summed E-state index contributed by atoms with van der Waals surface area (Å²) in [6, 6.07) is 4.49. The fourth-order valence-electron chi connectivity index (χ4n) is 2.95. The molecule has 2 heterocycles. The standard InChI is InChI=1S/C17H19N3O4/c1-9(2)18-8-10-3-4-11-12(7-10)17(24)20(16(11)23)13-5-6-14(21)19-15(13)22/h3-4,7,9,13,18H,5-6,8H2,1-2H3,(H,19,21,22). The van der Waals surface area contributed by atoms with Crippen LogP contribution >= 0.6 is 0 Å². The lowest BCUT2D eigenvalue weighted by Crippen LogP contribution is -2.54. The molecule has 0 aromatic heterocycles. The van der Waals surface area contributed by atoms with E-state index in [1.807, 2.05) is 13.8 Å². The van der Waals surface area contributed by atoms with Gasteiger partial charge in [-0.05, 0) is 24.1 Å². The molecule has 2 aliphatic heterocycles. The van der Waals surface area contributed by atoms with E-state index in [4.69, 9.17) is 0 Å². The molecule has 7 heteroatoms. The van der Waals surface area contributed by atoms with E-state index in [0.29, 0.717) is 23.7 Å². The van der Waals surface area contributed by atoms with Crippen LogP contribution in [0.5, 0.6) is 0 Å². The third kappa shape index (κ3) is 2.82. The number of nitrogens with one attached hydrogen (secondary N) is 2. The van der Waals surface area contributed by atoms with Gasteiger partial charge in [-0.1, -0.05) is 19.9 Å². The van der Waals surface area contributed by atoms with Crippen molar-refractivity contribution >= 4 is 23.6 Å². The first-order chi connectivity index (χ1) is 11.4. The van der Waals surface area contributed by atoms with E-state index in [0.717, 1.165) is 10.5 Å². The van der Waals surface area contributed by atoms with Crippen molar-refractivity contribution in [3.05, 3.63) is 34.9 Å². The number of benzene rings is 1. The highest BCUT2D eigenvalue weighted by Crippen LogP contribution is 2.28. The van der Waals surface area contributed by atoms with Crippen LogP contribution in [0, 0.1) is 0 Å². The van der Waals surface area contributed by atoms with Gasteiger partial charge in [-0.25, -0.2) is 0 Å². The minimum absolute atomic E-state index is 0.118. The fraction of sp³-hybridized carbons (Fsp3) is 0.412. The van der Waals surface area contributed by atoms with Gasteiger partial charge < -0.3 is 5.32 Å². The van der Waals surface area contributed by atoms with Gasteiger partial charge in [-0.2, -0.15) is 0 Å². The molecule has 1 atom stereocenters. The highest BCUT2D eigenvalue weighted by molar-refractivity contribution is 6.23. The summed E-state index contributed by atoms with van der Waals surface area (Å²) >= 11 is 0. The number of imide groups is 2. The molecule has 3 rings (SSSR count). The summed E-state index contributed by atoms with van der Waals surface area (Å²) in [5.74, 6) is -1.93. The SMILES string of the molecule is CC(C)NCc1ccc2c(c1)C(=O)N(C1CCC(=O)NC1=O)C2=O. The summed E-state index contributed by atoms with van der Waals surface area (Å²) in [5, 5.41) is 5.44. The van der Waals surface area contributed by atoms with E-state index in [1.54, 1.807) is 18.2 Å². The lowest BCUT2D eigenvalue weighted by atomic mass is 10.0. The van der Waals surface area contributed by atoms with E-state index >= 15 is 0 Å². The number of hydrogen-bond donors (Lipinski definition) is 2. The zero-order chi connectivity index (χ0) is 17.4. The normalized spacial score (nSPS) is 20.6. The minimum atomic E-state index is -0.924. The van der Waals surface area contributed by atoms with Crippen molar-refractivity contribution in [1.82, 2.24) is 15.5 Å². The molecule has 0 spiro atoms. The summed E-state index contributed by atoms with van der Waals surface area (Å²) in [5.41, 5.74) is 1.51. The molecule has 2 N–H and O–H groups in total. The van der Waals surface area contributed by atoms with Gasteiger partial charge in [0.15, 0.2) is 0 Å². The maximum Gasteiger partial charge on any atom is 0.262 e. The lowest BCUT2D eigenvalue weighted by molar-refractivity contribution is -0.136. The summed E-state index contributed by atoms with van der Waals surface area (Å²) in [6.07, 6.45) is 0.283. The molecular formula is C17H19N3O4. The second kappa shape index (κ2) is 6.16. The number of carbonyl (C=O) groups excluding carboxylic acids is 4. The van der Waals surface area contributed by atoms with Crippen LogP contribution in [-0.2, 0) is 16.1 Å². The molecule has 1 unspecified atom stereocenters. The molecule has 7 nitrogen and oxygen atoms in total. The van der Waals surface area contributed by atoms with Gasteiger partial charge in [0.1, 0.15) is 6.04 Å². The van der Waals surface area contributed by atoms with Crippen molar-refractivity contribution in [2.24, 2.45) is 0 Å². The van der Waals surface area contributed by atoms with Gasteiger partial charge in [0.05, 0.1) is 11.1 Å². The van der Waals surface area contributed by atoms with Gasteiger partial charge >= 0.3 is 0 Å². The largest absolute Gasteiger partial charge is 0.310 e. The number of rotatable bonds is 4. The van der Waals surface area contributed by atoms with E-state index in [2.05, 4.69) is 10.6 Å². The summed E-state index contributed by atoms with van der Waals surface area (Å²) < 4.78 is 0. The molecule has 1 saturated heterocycles. The monoisotopic (exact) mass is 329 g/mol. The quantitative estimate of drug-likeness (QED) is 0.788. The van der Waals surface area contributed by atoms with Crippen molar-refractivity contribution in [2.45, 2.75) is 45.3 Å². The molecule has 0 aliphatic carbocycles. The highest BCUT2D eigenvalue weighted by atomic mass is 16.2. The molecule has 0 radical (unpaired) electrons. The predicted octanol–water partition coefficient (Wildman–Crippen LogP) is 0.586. The summed E-state index contributed by atoms with van der Waals surface area (Å²) in [7, 11) is 0. The molecule has 1 fully saturated rings. The fourth-order valence-corrected chi connectivity index (χ4v) is 2.95. The van der Waals surface area contributed by atoms with Crippen molar-refractivity contribution in [1.29, 1.82) is 0 Å².